The molecular formula is C22H24N4O2S. The summed E-state index contributed by atoms with van der Waals surface area (Å²) in [5.74, 6) is 2.63. The Balaban J connectivity index is 1.44. The lowest BCUT2D eigenvalue weighted by Gasteiger charge is -2.17. The van der Waals surface area contributed by atoms with Crippen LogP contribution >= 0.6 is 11.8 Å². The van der Waals surface area contributed by atoms with Crippen LogP contribution in [0, 0.1) is 0 Å². The van der Waals surface area contributed by atoms with Crippen molar-refractivity contribution in [2.75, 3.05) is 19.9 Å². The molecule has 3 aromatic rings. The molecule has 0 N–H and O–H groups in total. The predicted octanol–water partition coefficient (Wildman–Crippen LogP) is 3.90. The lowest BCUT2D eigenvalue weighted by molar-refractivity contribution is -0.127. The molecule has 150 valence electrons. The molecule has 0 bridgehead atoms. The molecule has 0 unspecified atom stereocenters. The molecule has 1 amide bonds. The summed E-state index contributed by atoms with van der Waals surface area (Å²) in [5, 5.41) is 9.56. The Bertz CT molecular complexity index is 985. The number of hydrogen-bond acceptors (Lipinski definition) is 5. The van der Waals surface area contributed by atoms with E-state index in [0.29, 0.717) is 18.2 Å². The lowest BCUT2D eigenvalue weighted by Crippen LogP contribution is -2.27. The number of methoxy groups -OCH3 is 1. The molecule has 0 atom stereocenters. The predicted molar refractivity (Wildman–Crippen MR) is 114 cm³/mol. The van der Waals surface area contributed by atoms with E-state index in [9.17, 15) is 4.79 Å². The molecule has 29 heavy (non-hydrogen) atoms. The molecule has 1 saturated carbocycles. The average Bonchev–Trinajstić information content (AvgIpc) is 3.52. The molecule has 0 spiro atoms. The van der Waals surface area contributed by atoms with E-state index in [4.69, 9.17) is 4.74 Å². The summed E-state index contributed by atoms with van der Waals surface area (Å²) in [6.07, 6.45) is 2.30. The van der Waals surface area contributed by atoms with Gasteiger partial charge in [-0.2, -0.15) is 0 Å². The number of amides is 1. The van der Waals surface area contributed by atoms with E-state index in [1.54, 1.807) is 12.0 Å². The molecule has 6 nitrogen and oxygen atoms in total. The summed E-state index contributed by atoms with van der Waals surface area (Å²) in [4.78, 5) is 14.4. The van der Waals surface area contributed by atoms with Gasteiger partial charge in [-0.05, 0) is 42.7 Å². The number of para-hydroxylation sites is 1. The van der Waals surface area contributed by atoms with Gasteiger partial charge in [-0.25, -0.2) is 0 Å². The smallest absolute Gasteiger partial charge is 0.233 e. The largest absolute Gasteiger partial charge is 0.497 e. The molecule has 4 rings (SSSR count). The van der Waals surface area contributed by atoms with Crippen LogP contribution in [0.3, 0.4) is 0 Å². The Morgan fingerprint density at radius 2 is 1.97 bits per heavy atom. The van der Waals surface area contributed by atoms with E-state index in [-0.39, 0.29) is 5.91 Å². The zero-order valence-electron chi connectivity index (χ0n) is 16.6. The second-order valence-corrected chi connectivity index (χ2v) is 8.12. The Kier molecular flexibility index (Phi) is 5.85. The molecule has 1 fully saturated rings. The van der Waals surface area contributed by atoms with Gasteiger partial charge in [-0.15, -0.1) is 10.2 Å². The Morgan fingerprint density at radius 1 is 1.17 bits per heavy atom. The van der Waals surface area contributed by atoms with Crippen LogP contribution in [0.5, 0.6) is 5.75 Å². The highest BCUT2D eigenvalue weighted by Crippen LogP contribution is 2.41. The van der Waals surface area contributed by atoms with E-state index in [1.807, 2.05) is 49.5 Å². The van der Waals surface area contributed by atoms with Crippen molar-refractivity contribution < 1.29 is 9.53 Å². The van der Waals surface area contributed by atoms with Crippen LogP contribution < -0.4 is 4.74 Å². The van der Waals surface area contributed by atoms with Crippen LogP contribution in [0.15, 0.2) is 59.8 Å². The quantitative estimate of drug-likeness (QED) is 0.529. The zero-order chi connectivity index (χ0) is 20.2. The third-order valence-corrected chi connectivity index (χ3v) is 5.83. The number of carbonyl (C=O) groups is 1. The Labute approximate surface area is 174 Å². The highest BCUT2D eigenvalue weighted by molar-refractivity contribution is 7.99. The van der Waals surface area contributed by atoms with E-state index in [2.05, 4.69) is 26.9 Å². The lowest BCUT2D eigenvalue weighted by atomic mass is 10.2. The first-order chi connectivity index (χ1) is 14.2. The van der Waals surface area contributed by atoms with Crippen molar-refractivity contribution in [3.8, 4) is 11.4 Å². The molecule has 0 radical (unpaired) electrons. The first-order valence-corrected chi connectivity index (χ1v) is 10.6. The van der Waals surface area contributed by atoms with Crippen molar-refractivity contribution in [1.29, 1.82) is 0 Å². The monoisotopic (exact) mass is 408 g/mol. The third-order valence-electron chi connectivity index (χ3n) is 4.92. The Morgan fingerprint density at radius 3 is 2.69 bits per heavy atom. The van der Waals surface area contributed by atoms with Crippen LogP contribution in [0.1, 0.15) is 30.1 Å². The van der Waals surface area contributed by atoms with Gasteiger partial charge >= 0.3 is 0 Å². The van der Waals surface area contributed by atoms with Crippen molar-refractivity contribution >= 4 is 17.7 Å². The molecule has 7 heteroatoms. The van der Waals surface area contributed by atoms with Crippen LogP contribution in [-0.4, -0.2) is 45.5 Å². The van der Waals surface area contributed by atoms with Gasteiger partial charge in [0.2, 0.25) is 5.91 Å². The summed E-state index contributed by atoms with van der Waals surface area (Å²) in [7, 11) is 3.46. The number of ether oxygens (including phenoxy) is 1. The number of nitrogens with zero attached hydrogens (tertiary/aromatic N) is 4. The van der Waals surface area contributed by atoms with Crippen LogP contribution in [0.2, 0.25) is 0 Å². The molecule has 2 aromatic carbocycles. The van der Waals surface area contributed by atoms with Crippen molar-refractivity contribution in [2.45, 2.75) is 30.5 Å². The van der Waals surface area contributed by atoms with Crippen molar-refractivity contribution in [1.82, 2.24) is 19.7 Å². The third kappa shape index (κ3) is 4.62. The fourth-order valence-corrected chi connectivity index (χ4v) is 4.07. The van der Waals surface area contributed by atoms with E-state index < -0.39 is 0 Å². The highest BCUT2D eigenvalue weighted by Gasteiger charge is 2.31. The van der Waals surface area contributed by atoms with Crippen LogP contribution in [0.4, 0.5) is 0 Å². The molecule has 0 saturated heterocycles. The minimum Gasteiger partial charge on any atom is -0.497 e. The summed E-state index contributed by atoms with van der Waals surface area (Å²) >= 11 is 1.44. The van der Waals surface area contributed by atoms with Crippen molar-refractivity contribution in [2.24, 2.45) is 0 Å². The number of thioether (sulfide) groups is 1. The standard InChI is InChI=1S/C22H24N4O2S/c1-25(14-16-7-6-10-19(13-16)28-2)20(27)15-29-22-24-23-21(17-11-12-17)26(22)18-8-4-3-5-9-18/h3-10,13,17H,11-12,14-15H2,1-2H3. The SMILES string of the molecule is COc1cccc(CN(C)C(=O)CSc2nnc(C3CC3)n2-c2ccccc2)c1. The average molecular weight is 409 g/mol. The van der Waals surface area contributed by atoms with Crippen molar-refractivity contribution in [3.05, 3.63) is 66.0 Å². The fourth-order valence-electron chi connectivity index (χ4n) is 3.17. The van der Waals surface area contributed by atoms with Crippen LogP contribution in [-0.2, 0) is 11.3 Å². The van der Waals surface area contributed by atoms with E-state index in [0.717, 1.165) is 40.8 Å². The molecule has 1 aliphatic rings. The van der Waals surface area contributed by atoms with Crippen molar-refractivity contribution in [3.63, 3.8) is 0 Å². The maximum atomic E-state index is 12.7. The topological polar surface area (TPSA) is 60.2 Å². The molecule has 0 aliphatic heterocycles. The van der Waals surface area contributed by atoms with Gasteiger partial charge in [-0.3, -0.25) is 9.36 Å². The number of rotatable bonds is 8. The maximum absolute atomic E-state index is 12.7. The van der Waals surface area contributed by atoms with Gasteiger partial charge in [0.1, 0.15) is 11.6 Å². The number of carbonyl (C=O) groups excluding carboxylic acids is 1. The normalized spacial score (nSPS) is 13.3. The number of aromatic nitrogens is 3. The fraction of sp³-hybridized carbons (Fsp3) is 0.318. The van der Waals surface area contributed by atoms with Gasteiger partial charge in [0.05, 0.1) is 12.9 Å². The summed E-state index contributed by atoms with van der Waals surface area (Å²) in [6.45, 7) is 0.537. The molecular weight excluding hydrogens is 384 g/mol. The van der Waals surface area contributed by atoms with Gasteiger partial charge in [0.25, 0.3) is 0 Å². The van der Waals surface area contributed by atoms with Gasteiger partial charge in [0, 0.05) is 25.2 Å². The van der Waals surface area contributed by atoms with E-state index >= 15 is 0 Å². The number of hydrogen-bond donors (Lipinski definition) is 0. The molecule has 1 aliphatic carbocycles. The van der Waals surface area contributed by atoms with E-state index in [1.165, 1.54) is 11.8 Å². The summed E-state index contributed by atoms with van der Waals surface area (Å²) < 4.78 is 7.35. The number of benzene rings is 2. The second kappa shape index (κ2) is 8.69. The first-order valence-electron chi connectivity index (χ1n) is 9.66. The maximum Gasteiger partial charge on any atom is 0.233 e. The zero-order valence-corrected chi connectivity index (χ0v) is 17.4. The van der Waals surface area contributed by atoms with Crippen LogP contribution in [0.25, 0.3) is 5.69 Å². The van der Waals surface area contributed by atoms with Gasteiger partial charge in [-0.1, -0.05) is 42.1 Å². The highest BCUT2D eigenvalue weighted by atomic mass is 32.2. The van der Waals surface area contributed by atoms with Gasteiger partial charge < -0.3 is 9.64 Å². The second-order valence-electron chi connectivity index (χ2n) is 7.18. The first kappa shape index (κ1) is 19.5. The molecule has 1 heterocycles. The minimum absolute atomic E-state index is 0.0494. The Hall–Kier alpha value is -2.80. The minimum atomic E-state index is 0.0494. The van der Waals surface area contributed by atoms with Gasteiger partial charge in [0.15, 0.2) is 5.16 Å². The summed E-state index contributed by atoms with van der Waals surface area (Å²) in [5.41, 5.74) is 2.08. The summed E-state index contributed by atoms with van der Waals surface area (Å²) in [6, 6.07) is 17.9. The molecule has 1 aromatic heterocycles.